The number of amides is 2. The number of ether oxygens (including phenoxy) is 2. The number of imide groups is 1. The normalized spacial score (nSPS) is 19.3. The van der Waals surface area contributed by atoms with Crippen molar-refractivity contribution in [1.29, 1.82) is 0 Å². The second-order valence-electron chi connectivity index (χ2n) is 7.91. The Morgan fingerprint density at radius 2 is 1.74 bits per heavy atom. The van der Waals surface area contributed by atoms with Gasteiger partial charge in [0.05, 0.1) is 25.5 Å². The van der Waals surface area contributed by atoms with Crippen molar-refractivity contribution in [3.05, 3.63) is 59.5 Å². The predicted molar refractivity (Wildman–Crippen MR) is 115 cm³/mol. The van der Waals surface area contributed by atoms with Crippen LogP contribution in [-0.4, -0.2) is 44.0 Å². The Morgan fingerprint density at radius 1 is 1.00 bits per heavy atom. The first-order chi connectivity index (χ1) is 14.9. The van der Waals surface area contributed by atoms with Crippen LogP contribution in [0.3, 0.4) is 0 Å². The van der Waals surface area contributed by atoms with Gasteiger partial charge in [0.25, 0.3) is 11.8 Å². The molecular weight excluding hydrogens is 399 g/mol. The molecule has 2 heterocycles. The van der Waals surface area contributed by atoms with Gasteiger partial charge in [-0.25, -0.2) is 9.29 Å². The second-order valence-corrected chi connectivity index (χ2v) is 7.91. The topological polar surface area (TPSA) is 59.1 Å². The lowest BCUT2D eigenvalue weighted by Gasteiger charge is -2.33. The Morgan fingerprint density at radius 3 is 2.39 bits per heavy atom. The van der Waals surface area contributed by atoms with Crippen molar-refractivity contribution >= 4 is 23.1 Å². The lowest BCUT2D eigenvalue weighted by molar-refractivity contribution is -0.120. The van der Waals surface area contributed by atoms with E-state index in [1.54, 1.807) is 18.2 Å². The molecule has 0 saturated carbocycles. The van der Waals surface area contributed by atoms with Crippen LogP contribution in [0.15, 0.2) is 48.2 Å². The molecule has 1 unspecified atom stereocenters. The molecule has 2 aromatic rings. The molecular formula is C24H25FN2O4. The van der Waals surface area contributed by atoms with E-state index in [2.05, 4.69) is 6.92 Å². The molecule has 1 saturated heterocycles. The number of anilines is 1. The average molecular weight is 424 g/mol. The Labute approximate surface area is 180 Å². The molecule has 0 spiro atoms. The number of hydrogen-bond donors (Lipinski definition) is 0. The zero-order valence-electron chi connectivity index (χ0n) is 17.9. The molecule has 1 fully saturated rings. The van der Waals surface area contributed by atoms with Gasteiger partial charge in [-0.15, -0.1) is 0 Å². The molecule has 0 aliphatic carbocycles. The number of nitrogens with zero attached hydrogens (tertiary/aromatic N) is 2. The van der Waals surface area contributed by atoms with Gasteiger partial charge in [-0.05, 0) is 48.6 Å². The summed E-state index contributed by atoms with van der Waals surface area (Å²) in [5, 5.41) is 0. The summed E-state index contributed by atoms with van der Waals surface area (Å²) in [6.45, 7) is 3.50. The number of likely N-dealkylation sites (tertiary alicyclic amines) is 1. The number of rotatable bonds is 5. The maximum Gasteiger partial charge on any atom is 0.282 e. The SMILES string of the molecule is COc1ccc(OC)c(N2C(=O)C(c3ccc(F)cc3)=C(N3CCCC(C)C3)C2=O)c1. The van der Waals surface area contributed by atoms with Gasteiger partial charge < -0.3 is 14.4 Å². The van der Waals surface area contributed by atoms with E-state index in [-0.39, 0.29) is 5.57 Å². The van der Waals surface area contributed by atoms with Crippen LogP contribution in [0.2, 0.25) is 0 Å². The lowest BCUT2D eigenvalue weighted by Crippen LogP contribution is -2.39. The lowest BCUT2D eigenvalue weighted by atomic mass is 9.98. The van der Waals surface area contributed by atoms with Gasteiger partial charge in [0.2, 0.25) is 0 Å². The number of carbonyl (C=O) groups excluding carboxylic acids is 2. The summed E-state index contributed by atoms with van der Waals surface area (Å²) in [5.74, 6) is 0.00924. The molecule has 2 aliphatic rings. The van der Waals surface area contributed by atoms with Crippen LogP contribution in [-0.2, 0) is 9.59 Å². The van der Waals surface area contributed by atoms with Crippen LogP contribution in [0.25, 0.3) is 5.57 Å². The summed E-state index contributed by atoms with van der Waals surface area (Å²) in [6.07, 6.45) is 2.01. The van der Waals surface area contributed by atoms with E-state index in [4.69, 9.17) is 9.47 Å². The van der Waals surface area contributed by atoms with E-state index < -0.39 is 17.6 Å². The quantitative estimate of drug-likeness (QED) is 0.683. The van der Waals surface area contributed by atoms with Crippen molar-refractivity contribution in [2.45, 2.75) is 19.8 Å². The summed E-state index contributed by atoms with van der Waals surface area (Å²) in [7, 11) is 3.00. The summed E-state index contributed by atoms with van der Waals surface area (Å²) < 4.78 is 24.3. The number of halogens is 1. The molecule has 0 radical (unpaired) electrons. The molecule has 2 amide bonds. The van der Waals surface area contributed by atoms with E-state index in [1.807, 2.05) is 4.90 Å². The third-order valence-corrected chi connectivity index (χ3v) is 5.79. The fraction of sp³-hybridized carbons (Fsp3) is 0.333. The number of hydrogen-bond acceptors (Lipinski definition) is 5. The molecule has 7 heteroatoms. The van der Waals surface area contributed by atoms with Crippen molar-refractivity contribution in [1.82, 2.24) is 4.90 Å². The van der Waals surface area contributed by atoms with E-state index in [0.29, 0.717) is 47.5 Å². The molecule has 0 bridgehead atoms. The van der Waals surface area contributed by atoms with Gasteiger partial charge in [0.1, 0.15) is 23.0 Å². The first-order valence-corrected chi connectivity index (χ1v) is 10.3. The first kappa shape index (κ1) is 20.9. The molecule has 31 heavy (non-hydrogen) atoms. The van der Waals surface area contributed by atoms with E-state index in [0.717, 1.165) is 17.7 Å². The summed E-state index contributed by atoms with van der Waals surface area (Å²) in [4.78, 5) is 30.4. The number of benzene rings is 2. The minimum absolute atomic E-state index is 0.281. The van der Waals surface area contributed by atoms with Crippen molar-refractivity contribution in [3.8, 4) is 11.5 Å². The Kier molecular flexibility index (Phi) is 5.67. The van der Waals surface area contributed by atoms with Crippen molar-refractivity contribution in [2.24, 2.45) is 5.92 Å². The molecule has 6 nitrogen and oxygen atoms in total. The third kappa shape index (κ3) is 3.76. The van der Waals surface area contributed by atoms with Crippen molar-refractivity contribution in [3.63, 3.8) is 0 Å². The molecule has 2 aromatic carbocycles. The predicted octanol–water partition coefficient (Wildman–Crippen LogP) is 3.86. The highest BCUT2D eigenvalue weighted by Crippen LogP contribution is 2.41. The summed E-state index contributed by atoms with van der Waals surface area (Å²) in [5.41, 5.74) is 1.46. The smallest absolute Gasteiger partial charge is 0.282 e. The minimum Gasteiger partial charge on any atom is -0.497 e. The van der Waals surface area contributed by atoms with Crippen LogP contribution < -0.4 is 14.4 Å². The molecule has 4 rings (SSSR count). The Hall–Kier alpha value is -3.35. The number of carbonyl (C=O) groups is 2. The monoisotopic (exact) mass is 424 g/mol. The maximum atomic E-state index is 13.7. The average Bonchev–Trinajstić information content (AvgIpc) is 3.03. The van der Waals surface area contributed by atoms with Gasteiger partial charge in [-0.2, -0.15) is 0 Å². The molecule has 0 N–H and O–H groups in total. The largest absolute Gasteiger partial charge is 0.497 e. The summed E-state index contributed by atoms with van der Waals surface area (Å²) in [6, 6.07) is 10.6. The van der Waals surface area contributed by atoms with Gasteiger partial charge in [-0.1, -0.05) is 19.1 Å². The van der Waals surface area contributed by atoms with Crippen molar-refractivity contribution < 1.29 is 23.5 Å². The molecule has 2 aliphatic heterocycles. The van der Waals surface area contributed by atoms with Crippen LogP contribution >= 0.6 is 0 Å². The summed E-state index contributed by atoms with van der Waals surface area (Å²) >= 11 is 0. The Bertz CT molecular complexity index is 1050. The van der Waals surface area contributed by atoms with Crippen LogP contribution in [0, 0.1) is 11.7 Å². The van der Waals surface area contributed by atoms with Crippen molar-refractivity contribution in [2.75, 3.05) is 32.2 Å². The van der Waals surface area contributed by atoms with Gasteiger partial charge in [0, 0.05) is 19.2 Å². The number of methoxy groups -OCH3 is 2. The Balaban J connectivity index is 1.86. The first-order valence-electron chi connectivity index (χ1n) is 10.3. The third-order valence-electron chi connectivity index (χ3n) is 5.79. The van der Waals surface area contributed by atoms with Crippen LogP contribution in [0.5, 0.6) is 11.5 Å². The molecule has 1 atom stereocenters. The molecule has 162 valence electrons. The van der Waals surface area contributed by atoms with E-state index in [9.17, 15) is 14.0 Å². The van der Waals surface area contributed by atoms with Gasteiger partial charge in [-0.3, -0.25) is 9.59 Å². The van der Waals surface area contributed by atoms with Gasteiger partial charge >= 0.3 is 0 Å². The highest BCUT2D eigenvalue weighted by Gasteiger charge is 2.44. The fourth-order valence-corrected chi connectivity index (χ4v) is 4.27. The fourth-order valence-electron chi connectivity index (χ4n) is 4.27. The number of piperidine rings is 1. The zero-order valence-corrected chi connectivity index (χ0v) is 17.9. The standard InChI is InChI=1S/C24H25FN2O4/c1-15-5-4-12-26(14-15)22-21(16-6-8-17(25)9-7-16)23(28)27(24(22)29)19-13-18(30-2)10-11-20(19)31-3/h6-11,13,15H,4-5,12,14H2,1-3H3. The second kappa shape index (κ2) is 8.41. The maximum absolute atomic E-state index is 13.7. The highest BCUT2D eigenvalue weighted by molar-refractivity contribution is 6.45. The van der Waals surface area contributed by atoms with Crippen LogP contribution in [0.4, 0.5) is 10.1 Å². The minimum atomic E-state index is -0.462. The van der Waals surface area contributed by atoms with E-state index in [1.165, 1.54) is 38.5 Å². The zero-order chi connectivity index (χ0) is 22.1. The van der Waals surface area contributed by atoms with Gasteiger partial charge in [0.15, 0.2) is 0 Å². The molecule has 0 aromatic heterocycles. The highest BCUT2D eigenvalue weighted by atomic mass is 19.1. The van der Waals surface area contributed by atoms with E-state index >= 15 is 0 Å². The van der Waals surface area contributed by atoms with Crippen LogP contribution in [0.1, 0.15) is 25.3 Å².